The molecule has 0 bridgehead atoms. The molecule has 1 N–H and O–H groups in total. The van der Waals surface area contributed by atoms with Crippen LogP contribution in [0.25, 0.3) is 0 Å². The second-order valence-electron chi connectivity index (χ2n) is 6.90. The Morgan fingerprint density at radius 2 is 1.74 bits per heavy atom. The number of esters is 1. The van der Waals surface area contributed by atoms with E-state index in [1.165, 1.54) is 16.6 Å². The lowest BCUT2D eigenvalue weighted by atomic mass is 9.92. The van der Waals surface area contributed by atoms with E-state index in [0.29, 0.717) is 0 Å². The molecule has 4 nitrogen and oxygen atoms in total. The molecule has 1 aromatic carbocycles. The number of thiophene rings is 1. The quantitative estimate of drug-likeness (QED) is 0.567. The summed E-state index contributed by atoms with van der Waals surface area (Å²) in [5.74, 6) is 0.920. The van der Waals surface area contributed by atoms with Gasteiger partial charge in [-0.1, -0.05) is 52.0 Å². The van der Waals surface area contributed by atoms with Gasteiger partial charge in [0.15, 0.2) is 6.61 Å². The highest BCUT2D eigenvalue weighted by Crippen LogP contribution is 2.32. The zero-order chi connectivity index (χ0) is 19.8. The van der Waals surface area contributed by atoms with Gasteiger partial charge in [-0.05, 0) is 34.4 Å². The standard InChI is InChI=1S/C21H27NO3S2/c1-14(2)17-8-5-9-18(15(3)4)21(17)22-19(23)11-25-20(24)13-26-12-16-7-6-10-27-16/h5-10,14-15H,11-13H2,1-4H3,(H,22,23). The Labute approximate surface area is 169 Å². The lowest BCUT2D eigenvalue weighted by Crippen LogP contribution is -2.23. The largest absolute Gasteiger partial charge is 0.455 e. The van der Waals surface area contributed by atoms with Crippen molar-refractivity contribution in [3.8, 4) is 0 Å². The molecule has 0 aliphatic rings. The normalized spacial score (nSPS) is 11.0. The van der Waals surface area contributed by atoms with Gasteiger partial charge in [0.1, 0.15) is 0 Å². The average Bonchev–Trinajstić information content (AvgIpc) is 3.13. The Bertz CT molecular complexity index is 729. The number of hydrogen-bond acceptors (Lipinski definition) is 5. The molecule has 0 saturated carbocycles. The Hall–Kier alpha value is -1.79. The molecule has 0 unspecified atom stereocenters. The van der Waals surface area contributed by atoms with E-state index in [2.05, 4.69) is 33.0 Å². The number of thioether (sulfide) groups is 1. The van der Waals surface area contributed by atoms with Crippen molar-refractivity contribution >= 4 is 40.7 Å². The van der Waals surface area contributed by atoms with Crippen molar-refractivity contribution in [2.75, 3.05) is 17.7 Å². The molecule has 0 radical (unpaired) electrons. The van der Waals surface area contributed by atoms with Crippen molar-refractivity contribution in [3.63, 3.8) is 0 Å². The number of nitrogens with one attached hydrogen (secondary N) is 1. The van der Waals surface area contributed by atoms with E-state index < -0.39 is 0 Å². The van der Waals surface area contributed by atoms with E-state index >= 15 is 0 Å². The number of benzene rings is 1. The van der Waals surface area contributed by atoms with E-state index in [9.17, 15) is 9.59 Å². The van der Waals surface area contributed by atoms with Crippen LogP contribution >= 0.6 is 23.1 Å². The topological polar surface area (TPSA) is 55.4 Å². The van der Waals surface area contributed by atoms with Crippen molar-refractivity contribution in [2.24, 2.45) is 0 Å². The van der Waals surface area contributed by atoms with Gasteiger partial charge in [0, 0.05) is 16.3 Å². The molecular weight excluding hydrogens is 378 g/mol. The average molecular weight is 406 g/mol. The van der Waals surface area contributed by atoms with Crippen LogP contribution in [0.2, 0.25) is 0 Å². The van der Waals surface area contributed by atoms with Crippen LogP contribution in [-0.2, 0) is 20.1 Å². The number of carbonyl (C=O) groups is 2. The first kappa shape index (κ1) is 21.5. The van der Waals surface area contributed by atoms with Crippen molar-refractivity contribution in [1.29, 1.82) is 0 Å². The van der Waals surface area contributed by atoms with Gasteiger partial charge in [0.2, 0.25) is 0 Å². The summed E-state index contributed by atoms with van der Waals surface area (Å²) in [6.07, 6.45) is 0. The third-order valence-corrected chi connectivity index (χ3v) is 6.06. The zero-order valence-corrected chi connectivity index (χ0v) is 17.9. The summed E-state index contributed by atoms with van der Waals surface area (Å²) in [6, 6.07) is 10.1. The van der Waals surface area contributed by atoms with Crippen LogP contribution in [0.3, 0.4) is 0 Å². The SMILES string of the molecule is CC(C)c1cccc(C(C)C)c1NC(=O)COC(=O)CSCc1cccs1. The van der Waals surface area contributed by atoms with Crippen molar-refractivity contribution in [2.45, 2.75) is 45.3 Å². The third kappa shape index (κ3) is 6.70. The van der Waals surface area contributed by atoms with E-state index in [0.717, 1.165) is 22.6 Å². The van der Waals surface area contributed by atoms with Crippen LogP contribution in [0.5, 0.6) is 0 Å². The first-order valence-electron chi connectivity index (χ1n) is 9.06. The number of amides is 1. The van der Waals surface area contributed by atoms with Gasteiger partial charge in [0.05, 0.1) is 5.75 Å². The molecule has 1 heterocycles. The molecule has 0 fully saturated rings. The molecule has 27 heavy (non-hydrogen) atoms. The fraction of sp³-hybridized carbons (Fsp3) is 0.429. The molecule has 146 valence electrons. The second-order valence-corrected chi connectivity index (χ2v) is 8.92. The fourth-order valence-corrected chi connectivity index (χ4v) is 4.35. The van der Waals surface area contributed by atoms with Crippen LogP contribution in [0, 0.1) is 0 Å². The van der Waals surface area contributed by atoms with Gasteiger partial charge in [-0.15, -0.1) is 23.1 Å². The lowest BCUT2D eigenvalue weighted by Gasteiger charge is -2.20. The van der Waals surface area contributed by atoms with Gasteiger partial charge in [0.25, 0.3) is 5.91 Å². The minimum absolute atomic E-state index is 0.241. The number of carbonyl (C=O) groups excluding carboxylic acids is 2. The van der Waals surface area contributed by atoms with Gasteiger partial charge >= 0.3 is 5.97 Å². The van der Waals surface area contributed by atoms with Crippen LogP contribution in [0.4, 0.5) is 5.69 Å². The molecule has 1 aromatic heterocycles. The maximum Gasteiger partial charge on any atom is 0.316 e. The van der Waals surface area contributed by atoms with Crippen LogP contribution in [0.15, 0.2) is 35.7 Å². The van der Waals surface area contributed by atoms with Crippen molar-refractivity contribution < 1.29 is 14.3 Å². The molecule has 6 heteroatoms. The maximum absolute atomic E-state index is 12.3. The molecule has 2 rings (SSSR count). The lowest BCUT2D eigenvalue weighted by molar-refractivity contribution is -0.144. The predicted octanol–water partition coefficient (Wildman–Crippen LogP) is 5.41. The smallest absolute Gasteiger partial charge is 0.316 e. The molecule has 0 aliphatic carbocycles. The van der Waals surface area contributed by atoms with Gasteiger partial charge in [-0.25, -0.2) is 0 Å². The minimum Gasteiger partial charge on any atom is -0.455 e. The molecule has 1 amide bonds. The highest BCUT2D eigenvalue weighted by molar-refractivity contribution is 7.99. The van der Waals surface area contributed by atoms with Crippen LogP contribution < -0.4 is 5.32 Å². The van der Waals surface area contributed by atoms with Crippen molar-refractivity contribution in [1.82, 2.24) is 0 Å². The molecule has 2 aromatic rings. The number of para-hydroxylation sites is 1. The number of rotatable bonds is 9. The molecule has 0 spiro atoms. The first-order chi connectivity index (χ1) is 12.9. The highest BCUT2D eigenvalue weighted by atomic mass is 32.2. The summed E-state index contributed by atoms with van der Waals surface area (Å²) in [7, 11) is 0. The predicted molar refractivity (Wildman–Crippen MR) is 115 cm³/mol. The summed E-state index contributed by atoms with van der Waals surface area (Å²) in [6.45, 7) is 8.13. The van der Waals surface area contributed by atoms with E-state index in [1.54, 1.807) is 11.3 Å². The molecule has 0 saturated heterocycles. The summed E-state index contributed by atoms with van der Waals surface area (Å²) in [4.78, 5) is 25.4. The van der Waals surface area contributed by atoms with E-state index in [-0.39, 0.29) is 36.1 Å². The minimum atomic E-state index is -0.368. The summed E-state index contributed by atoms with van der Waals surface area (Å²) < 4.78 is 5.13. The van der Waals surface area contributed by atoms with E-state index in [1.807, 2.05) is 35.7 Å². The number of hydrogen-bond donors (Lipinski definition) is 1. The summed E-state index contributed by atoms with van der Waals surface area (Å²) in [5, 5.41) is 4.97. The summed E-state index contributed by atoms with van der Waals surface area (Å²) in [5.41, 5.74) is 3.02. The number of anilines is 1. The van der Waals surface area contributed by atoms with Gasteiger partial charge < -0.3 is 10.1 Å². The molecule has 0 atom stereocenters. The third-order valence-electron chi connectivity index (χ3n) is 4.05. The van der Waals surface area contributed by atoms with Crippen LogP contribution in [0.1, 0.15) is 55.5 Å². The van der Waals surface area contributed by atoms with Gasteiger partial charge in [-0.2, -0.15) is 0 Å². The summed E-state index contributed by atoms with van der Waals surface area (Å²) >= 11 is 3.16. The van der Waals surface area contributed by atoms with Gasteiger partial charge in [-0.3, -0.25) is 9.59 Å². The Kier molecular flexibility index (Phi) is 8.38. The Balaban J connectivity index is 1.87. The monoisotopic (exact) mass is 405 g/mol. The molecule has 0 aliphatic heterocycles. The highest BCUT2D eigenvalue weighted by Gasteiger charge is 2.16. The van der Waals surface area contributed by atoms with Crippen molar-refractivity contribution in [3.05, 3.63) is 51.7 Å². The number of ether oxygens (including phenoxy) is 1. The van der Waals surface area contributed by atoms with Crippen LogP contribution in [-0.4, -0.2) is 24.2 Å². The Morgan fingerprint density at radius 1 is 1.07 bits per heavy atom. The maximum atomic E-state index is 12.3. The molecular formula is C21H27NO3S2. The fourth-order valence-electron chi connectivity index (χ4n) is 2.69. The van der Waals surface area contributed by atoms with E-state index in [4.69, 9.17) is 4.74 Å². The zero-order valence-electron chi connectivity index (χ0n) is 16.3. The second kappa shape index (κ2) is 10.5. The first-order valence-corrected chi connectivity index (χ1v) is 11.1. The Morgan fingerprint density at radius 3 is 2.30 bits per heavy atom.